The van der Waals surface area contributed by atoms with E-state index in [1.165, 1.54) is 12.1 Å². The maximum absolute atomic E-state index is 11.0. The van der Waals surface area contributed by atoms with Crippen LogP contribution in [-0.4, -0.2) is 29.1 Å². The summed E-state index contributed by atoms with van der Waals surface area (Å²) < 4.78 is 5.33. The fraction of sp³-hybridized carbons (Fsp3) is 0.500. The Balaban J connectivity index is 2.26. The van der Waals surface area contributed by atoms with Gasteiger partial charge in [-0.3, -0.25) is 20.2 Å². The first-order valence-electron chi connectivity index (χ1n) is 6.24. The molecule has 1 aromatic carbocycles. The number of nitro benzene ring substituents is 2. The lowest BCUT2D eigenvalue weighted by Gasteiger charge is -2.28. The lowest BCUT2D eigenvalue weighted by atomic mass is 9.89. The highest BCUT2D eigenvalue weighted by molar-refractivity contribution is 5.49. The summed E-state index contributed by atoms with van der Waals surface area (Å²) in [5.74, 6) is -0.0103. The molecule has 108 valence electrons. The number of non-ortho nitro benzene ring substituents is 1. The molecule has 0 bridgehead atoms. The number of ether oxygens (including phenoxy) is 1. The predicted molar refractivity (Wildman–Crippen MR) is 70.4 cm³/mol. The molecular weight excluding hydrogens is 266 g/mol. The molecule has 2 unspecified atom stereocenters. The zero-order chi connectivity index (χ0) is 14.7. The van der Waals surface area contributed by atoms with Gasteiger partial charge in [-0.2, -0.15) is 0 Å². The molecule has 1 aliphatic heterocycles. The third-order valence-corrected chi connectivity index (χ3v) is 3.49. The van der Waals surface area contributed by atoms with Gasteiger partial charge in [0.2, 0.25) is 0 Å². The van der Waals surface area contributed by atoms with Crippen molar-refractivity contribution in [3.8, 4) is 0 Å². The van der Waals surface area contributed by atoms with Crippen LogP contribution >= 0.6 is 0 Å². The molecule has 1 aliphatic rings. The van der Waals surface area contributed by atoms with Crippen molar-refractivity contribution >= 4 is 11.4 Å². The Morgan fingerprint density at radius 2 is 2.05 bits per heavy atom. The van der Waals surface area contributed by atoms with E-state index in [0.717, 1.165) is 6.07 Å². The summed E-state index contributed by atoms with van der Waals surface area (Å²) in [4.78, 5) is 20.5. The molecule has 2 N–H and O–H groups in total. The molecule has 2 atom stereocenters. The Labute approximate surface area is 114 Å². The van der Waals surface area contributed by atoms with Gasteiger partial charge in [0.15, 0.2) is 0 Å². The summed E-state index contributed by atoms with van der Waals surface area (Å²) in [5.41, 5.74) is 5.90. The zero-order valence-electron chi connectivity index (χ0n) is 10.7. The molecule has 0 spiro atoms. The van der Waals surface area contributed by atoms with E-state index >= 15 is 0 Å². The molecule has 0 aromatic heterocycles. The number of hydrogen-bond donors (Lipinski definition) is 1. The number of nitrogens with zero attached hydrogens (tertiary/aromatic N) is 2. The van der Waals surface area contributed by atoms with Crippen LogP contribution in [0.5, 0.6) is 0 Å². The third kappa shape index (κ3) is 3.09. The Morgan fingerprint density at radius 1 is 1.30 bits per heavy atom. The number of benzene rings is 1. The number of nitrogens with two attached hydrogens (primary N) is 1. The summed E-state index contributed by atoms with van der Waals surface area (Å²) in [7, 11) is 0. The van der Waals surface area contributed by atoms with Crippen LogP contribution in [0.4, 0.5) is 11.4 Å². The van der Waals surface area contributed by atoms with Crippen molar-refractivity contribution in [3.63, 3.8) is 0 Å². The maximum atomic E-state index is 11.0. The Kier molecular flexibility index (Phi) is 4.26. The van der Waals surface area contributed by atoms with Crippen molar-refractivity contribution in [2.75, 3.05) is 13.2 Å². The summed E-state index contributed by atoms with van der Waals surface area (Å²) in [6, 6.07) is 3.62. The standard InChI is InChI=1S/C12H15N3O5/c13-11-3-4-20-7-9(11)5-8-1-2-10(14(16)17)6-12(8)15(18)19/h1-2,6,9,11H,3-5,7,13H2. The predicted octanol–water partition coefficient (Wildman–Crippen LogP) is 1.41. The van der Waals surface area contributed by atoms with E-state index in [1.54, 1.807) is 0 Å². The van der Waals surface area contributed by atoms with Crippen LogP contribution in [0.25, 0.3) is 0 Å². The van der Waals surface area contributed by atoms with Gasteiger partial charge in [-0.1, -0.05) is 0 Å². The molecule has 20 heavy (non-hydrogen) atoms. The largest absolute Gasteiger partial charge is 0.381 e. The van der Waals surface area contributed by atoms with Gasteiger partial charge < -0.3 is 10.5 Å². The second kappa shape index (κ2) is 5.93. The van der Waals surface area contributed by atoms with Crippen LogP contribution < -0.4 is 5.73 Å². The van der Waals surface area contributed by atoms with Crippen LogP contribution in [0.3, 0.4) is 0 Å². The summed E-state index contributed by atoms with van der Waals surface area (Å²) in [6.45, 7) is 1.05. The molecule has 8 heteroatoms. The van der Waals surface area contributed by atoms with Crippen LogP contribution in [0.1, 0.15) is 12.0 Å². The maximum Gasteiger partial charge on any atom is 0.279 e. The minimum atomic E-state index is -0.647. The lowest BCUT2D eigenvalue weighted by molar-refractivity contribution is -0.394. The van der Waals surface area contributed by atoms with Crippen molar-refractivity contribution < 1.29 is 14.6 Å². The van der Waals surface area contributed by atoms with Crippen molar-refractivity contribution in [1.82, 2.24) is 0 Å². The second-order valence-corrected chi connectivity index (χ2v) is 4.82. The minimum Gasteiger partial charge on any atom is -0.381 e. The van der Waals surface area contributed by atoms with Gasteiger partial charge in [-0.15, -0.1) is 0 Å². The van der Waals surface area contributed by atoms with Gasteiger partial charge in [0.1, 0.15) is 0 Å². The smallest absolute Gasteiger partial charge is 0.279 e. The molecule has 0 aliphatic carbocycles. The molecule has 1 heterocycles. The number of hydrogen-bond acceptors (Lipinski definition) is 6. The van der Waals surface area contributed by atoms with Crippen LogP contribution in [0.15, 0.2) is 18.2 Å². The Bertz CT molecular complexity index is 534. The molecule has 1 saturated heterocycles. The van der Waals surface area contributed by atoms with E-state index in [2.05, 4.69) is 0 Å². The first-order valence-corrected chi connectivity index (χ1v) is 6.24. The topological polar surface area (TPSA) is 122 Å². The van der Waals surface area contributed by atoms with Crippen molar-refractivity contribution in [1.29, 1.82) is 0 Å². The quantitative estimate of drug-likeness (QED) is 0.657. The fourth-order valence-corrected chi connectivity index (χ4v) is 2.31. The number of rotatable bonds is 4. The Hall–Kier alpha value is -2.06. The highest BCUT2D eigenvalue weighted by Crippen LogP contribution is 2.28. The summed E-state index contributed by atoms with van der Waals surface area (Å²) in [5, 5.41) is 21.7. The fourth-order valence-electron chi connectivity index (χ4n) is 2.31. The molecule has 0 radical (unpaired) electrons. The first kappa shape index (κ1) is 14.4. The summed E-state index contributed by atoms with van der Waals surface area (Å²) >= 11 is 0. The normalized spacial score (nSPS) is 22.4. The highest BCUT2D eigenvalue weighted by Gasteiger charge is 2.27. The van der Waals surface area contributed by atoms with E-state index in [4.69, 9.17) is 10.5 Å². The van der Waals surface area contributed by atoms with E-state index in [0.29, 0.717) is 31.6 Å². The van der Waals surface area contributed by atoms with Crippen molar-refractivity contribution in [2.45, 2.75) is 18.9 Å². The third-order valence-electron chi connectivity index (χ3n) is 3.49. The minimum absolute atomic E-state index is 0.0103. The molecule has 1 fully saturated rings. The lowest BCUT2D eigenvalue weighted by Crippen LogP contribution is -2.39. The monoisotopic (exact) mass is 281 g/mol. The molecule has 0 amide bonds. The van der Waals surface area contributed by atoms with Crippen LogP contribution in [0, 0.1) is 26.1 Å². The van der Waals surface area contributed by atoms with Gasteiger partial charge in [-0.25, -0.2) is 0 Å². The highest BCUT2D eigenvalue weighted by atomic mass is 16.6. The first-order chi connectivity index (χ1) is 9.49. The average molecular weight is 281 g/mol. The van der Waals surface area contributed by atoms with Gasteiger partial charge in [0.05, 0.1) is 22.5 Å². The SMILES string of the molecule is NC1CCOCC1Cc1ccc([N+](=O)[O-])cc1[N+](=O)[O-]. The molecule has 2 rings (SSSR count). The van der Waals surface area contributed by atoms with Crippen LogP contribution in [-0.2, 0) is 11.2 Å². The van der Waals surface area contributed by atoms with E-state index < -0.39 is 9.85 Å². The Morgan fingerprint density at radius 3 is 2.65 bits per heavy atom. The molecule has 0 saturated carbocycles. The van der Waals surface area contributed by atoms with Crippen molar-refractivity contribution in [2.24, 2.45) is 11.7 Å². The van der Waals surface area contributed by atoms with Gasteiger partial charge in [0.25, 0.3) is 11.4 Å². The average Bonchev–Trinajstić information content (AvgIpc) is 2.41. The molecule has 1 aromatic rings. The molecular formula is C12H15N3O5. The second-order valence-electron chi connectivity index (χ2n) is 4.82. The van der Waals surface area contributed by atoms with Gasteiger partial charge in [-0.05, 0) is 18.9 Å². The van der Waals surface area contributed by atoms with Gasteiger partial charge in [0, 0.05) is 30.2 Å². The van der Waals surface area contributed by atoms with Crippen molar-refractivity contribution in [3.05, 3.63) is 44.0 Å². The molecule has 8 nitrogen and oxygen atoms in total. The summed E-state index contributed by atoms with van der Waals surface area (Å²) in [6.07, 6.45) is 1.10. The number of nitro groups is 2. The van der Waals surface area contributed by atoms with E-state index in [-0.39, 0.29) is 23.3 Å². The van der Waals surface area contributed by atoms with E-state index in [1.807, 2.05) is 0 Å². The zero-order valence-corrected chi connectivity index (χ0v) is 10.7. The van der Waals surface area contributed by atoms with E-state index in [9.17, 15) is 20.2 Å². The van der Waals surface area contributed by atoms with Gasteiger partial charge >= 0.3 is 0 Å². The van der Waals surface area contributed by atoms with Crippen LogP contribution in [0.2, 0.25) is 0 Å².